The molecule has 0 fully saturated rings. The van der Waals surface area contributed by atoms with Crippen molar-refractivity contribution in [3.63, 3.8) is 0 Å². The Kier molecular flexibility index (Phi) is 9.46. The van der Waals surface area contributed by atoms with Gasteiger partial charge in [-0.1, -0.05) is 41.6 Å². The zero-order valence-electron chi connectivity index (χ0n) is 23.3. The van der Waals surface area contributed by atoms with E-state index in [4.69, 9.17) is 9.47 Å². The number of hydrogen-bond acceptors (Lipinski definition) is 10. The third-order valence-corrected chi connectivity index (χ3v) is 8.16. The number of esters is 2. The molecule has 10 nitrogen and oxygen atoms in total. The Balaban J connectivity index is 1.64. The molecule has 41 heavy (non-hydrogen) atoms. The number of aryl methyl sites for hydroxylation is 2. The van der Waals surface area contributed by atoms with E-state index < -0.39 is 17.8 Å². The van der Waals surface area contributed by atoms with Crippen LogP contribution in [0.3, 0.4) is 0 Å². The number of aromatic hydroxyl groups is 1. The van der Waals surface area contributed by atoms with Gasteiger partial charge in [0.15, 0.2) is 11.0 Å². The van der Waals surface area contributed by atoms with Gasteiger partial charge in [0.2, 0.25) is 5.91 Å². The van der Waals surface area contributed by atoms with Crippen LogP contribution in [0, 0.1) is 20.8 Å². The van der Waals surface area contributed by atoms with Gasteiger partial charge in [0.1, 0.15) is 15.6 Å². The third-order valence-electron chi connectivity index (χ3n) is 6.04. The van der Waals surface area contributed by atoms with Crippen molar-refractivity contribution in [2.45, 2.75) is 39.8 Å². The highest BCUT2D eigenvalue weighted by Crippen LogP contribution is 2.36. The first kappa shape index (κ1) is 29.8. The Labute approximate surface area is 245 Å². The van der Waals surface area contributed by atoms with Gasteiger partial charge in [0.05, 0.1) is 35.8 Å². The molecular weight excluding hydrogens is 564 g/mol. The molecule has 4 aromatic rings. The lowest BCUT2D eigenvalue weighted by molar-refractivity contribution is -0.113. The van der Waals surface area contributed by atoms with Crippen LogP contribution < -0.4 is 5.32 Å². The summed E-state index contributed by atoms with van der Waals surface area (Å²) in [5, 5.41) is 22.6. The SMILES string of the molecule is CCOC(=O)c1sc(NC(=O)CSc2nnc(-c3ccccc3O)n2-c2ccc(C)cc2C)c(C(=O)OCC)c1C. The van der Waals surface area contributed by atoms with Gasteiger partial charge in [-0.3, -0.25) is 9.36 Å². The number of carbonyl (C=O) groups excluding carboxylic acids is 3. The number of nitrogens with zero attached hydrogens (tertiary/aromatic N) is 3. The monoisotopic (exact) mass is 594 g/mol. The van der Waals surface area contributed by atoms with Crippen LogP contribution in [0.1, 0.15) is 50.6 Å². The minimum Gasteiger partial charge on any atom is -0.507 e. The normalized spacial score (nSPS) is 10.9. The summed E-state index contributed by atoms with van der Waals surface area (Å²) in [6.07, 6.45) is 0. The second-order valence-electron chi connectivity index (χ2n) is 8.99. The quantitative estimate of drug-likeness (QED) is 0.175. The average Bonchev–Trinajstić information content (AvgIpc) is 3.48. The molecule has 4 rings (SSSR count). The van der Waals surface area contributed by atoms with Crippen LogP contribution in [-0.4, -0.2) is 56.7 Å². The van der Waals surface area contributed by atoms with Gasteiger partial charge in [-0.25, -0.2) is 9.59 Å². The largest absolute Gasteiger partial charge is 0.507 e. The van der Waals surface area contributed by atoms with E-state index in [1.165, 1.54) is 0 Å². The number of carbonyl (C=O) groups is 3. The molecule has 0 aliphatic rings. The Morgan fingerprint density at radius 2 is 1.71 bits per heavy atom. The second kappa shape index (κ2) is 13.0. The molecule has 0 atom stereocenters. The summed E-state index contributed by atoms with van der Waals surface area (Å²) in [6, 6.07) is 12.8. The number of para-hydroxylation sites is 1. The molecule has 0 bridgehead atoms. The molecule has 2 aromatic carbocycles. The van der Waals surface area contributed by atoms with E-state index >= 15 is 0 Å². The van der Waals surface area contributed by atoms with Crippen molar-refractivity contribution in [2.24, 2.45) is 0 Å². The molecule has 2 N–H and O–H groups in total. The molecule has 1 amide bonds. The minimum absolute atomic E-state index is 0.0529. The number of benzene rings is 2. The van der Waals surface area contributed by atoms with Gasteiger partial charge < -0.3 is 19.9 Å². The molecular formula is C29H30N4O6S2. The number of rotatable bonds is 10. The van der Waals surface area contributed by atoms with Crippen LogP contribution >= 0.6 is 23.1 Å². The zero-order chi connectivity index (χ0) is 29.7. The van der Waals surface area contributed by atoms with Gasteiger partial charge >= 0.3 is 11.9 Å². The molecule has 2 heterocycles. The second-order valence-corrected chi connectivity index (χ2v) is 10.9. The minimum atomic E-state index is -0.637. The molecule has 0 spiro atoms. The highest BCUT2D eigenvalue weighted by molar-refractivity contribution is 7.99. The average molecular weight is 595 g/mol. The van der Waals surface area contributed by atoms with E-state index in [1.807, 2.05) is 32.0 Å². The maximum absolute atomic E-state index is 13.1. The molecule has 0 aliphatic carbocycles. The molecule has 2 aromatic heterocycles. The van der Waals surface area contributed by atoms with E-state index in [-0.39, 0.29) is 40.2 Å². The predicted molar refractivity (Wildman–Crippen MR) is 158 cm³/mol. The summed E-state index contributed by atoms with van der Waals surface area (Å²) in [5.41, 5.74) is 3.86. The summed E-state index contributed by atoms with van der Waals surface area (Å²) in [6.45, 7) is 9.26. The standard InChI is InChI=1S/C29H30N4O6S2/c1-6-38-27(36)23-18(5)24(28(37)39-7-2)41-26(23)30-22(35)15-40-29-32-31-25(19-10-8-9-11-21(19)34)33(29)20-13-12-16(3)14-17(20)4/h8-14,34H,6-7,15H2,1-5H3,(H,30,35). The van der Waals surface area contributed by atoms with Crippen LogP contribution in [-0.2, 0) is 14.3 Å². The number of nitrogens with one attached hydrogen (secondary N) is 1. The van der Waals surface area contributed by atoms with Crippen LogP contribution in [0.5, 0.6) is 5.75 Å². The number of amides is 1. The Bertz CT molecular complexity index is 1610. The van der Waals surface area contributed by atoms with E-state index in [0.717, 1.165) is 39.9 Å². The fourth-order valence-electron chi connectivity index (χ4n) is 4.21. The van der Waals surface area contributed by atoms with Crippen LogP contribution in [0.25, 0.3) is 17.1 Å². The van der Waals surface area contributed by atoms with Crippen LogP contribution in [0.4, 0.5) is 5.00 Å². The number of thiophene rings is 1. The van der Waals surface area contributed by atoms with Crippen molar-refractivity contribution in [3.05, 3.63) is 69.6 Å². The molecule has 0 saturated carbocycles. The Morgan fingerprint density at radius 1 is 1.00 bits per heavy atom. The van der Waals surface area contributed by atoms with Crippen molar-refractivity contribution < 1.29 is 29.0 Å². The molecule has 214 valence electrons. The molecule has 0 unspecified atom stereocenters. The van der Waals surface area contributed by atoms with E-state index in [2.05, 4.69) is 15.5 Å². The molecule has 0 saturated heterocycles. The smallest absolute Gasteiger partial charge is 0.348 e. The fraction of sp³-hybridized carbons (Fsp3) is 0.276. The summed E-state index contributed by atoms with van der Waals surface area (Å²) in [7, 11) is 0. The Hall–Kier alpha value is -4.16. The lowest BCUT2D eigenvalue weighted by atomic mass is 10.1. The first-order valence-corrected chi connectivity index (χ1v) is 14.7. The van der Waals surface area contributed by atoms with Gasteiger partial charge in [-0.15, -0.1) is 21.5 Å². The fourth-order valence-corrected chi connectivity index (χ4v) is 6.06. The summed E-state index contributed by atoms with van der Waals surface area (Å²) < 4.78 is 12.1. The molecule has 0 radical (unpaired) electrons. The number of aromatic nitrogens is 3. The van der Waals surface area contributed by atoms with Crippen LogP contribution in [0.2, 0.25) is 0 Å². The van der Waals surface area contributed by atoms with E-state index in [1.54, 1.807) is 49.6 Å². The first-order valence-electron chi connectivity index (χ1n) is 12.9. The third kappa shape index (κ3) is 6.44. The molecule has 12 heteroatoms. The topological polar surface area (TPSA) is 133 Å². The Morgan fingerprint density at radius 3 is 2.39 bits per heavy atom. The van der Waals surface area contributed by atoms with Gasteiger partial charge in [-0.2, -0.15) is 0 Å². The van der Waals surface area contributed by atoms with E-state index in [9.17, 15) is 19.5 Å². The van der Waals surface area contributed by atoms with Crippen molar-refractivity contribution in [2.75, 3.05) is 24.3 Å². The van der Waals surface area contributed by atoms with E-state index in [0.29, 0.717) is 22.1 Å². The van der Waals surface area contributed by atoms with Gasteiger partial charge in [0, 0.05) is 0 Å². The highest BCUT2D eigenvalue weighted by Gasteiger charge is 2.28. The molecule has 0 aliphatic heterocycles. The lowest BCUT2D eigenvalue weighted by Crippen LogP contribution is -2.17. The number of anilines is 1. The maximum Gasteiger partial charge on any atom is 0.348 e. The van der Waals surface area contributed by atoms with Crippen molar-refractivity contribution in [1.82, 2.24) is 14.8 Å². The first-order chi connectivity index (χ1) is 19.7. The maximum atomic E-state index is 13.1. The number of thioether (sulfide) groups is 1. The van der Waals surface area contributed by atoms with Crippen molar-refractivity contribution in [3.8, 4) is 22.8 Å². The van der Waals surface area contributed by atoms with Gasteiger partial charge in [0.25, 0.3) is 0 Å². The number of phenolic OH excluding ortho intramolecular Hbond substituents is 1. The summed E-state index contributed by atoms with van der Waals surface area (Å²) >= 11 is 2.11. The summed E-state index contributed by atoms with van der Waals surface area (Å²) in [5.74, 6) is -1.22. The van der Waals surface area contributed by atoms with Crippen LogP contribution in [0.15, 0.2) is 47.6 Å². The number of hydrogen-bond donors (Lipinski definition) is 2. The zero-order valence-corrected chi connectivity index (χ0v) is 24.9. The number of phenols is 1. The highest BCUT2D eigenvalue weighted by atomic mass is 32.2. The van der Waals surface area contributed by atoms with Crippen molar-refractivity contribution >= 4 is 45.9 Å². The number of ether oxygens (including phenoxy) is 2. The van der Waals surface area contributed by atoms with Crippen molar-refractivity contribution in [1.29, 1.82) is 0 Å². The summed E-state index contributed by atoms with van der Waals surface area (Å²) in [4.78, 5) is 38.5. The lowest BCUT2D eigenvalue weighted by Gasteiger charge is -2.14. The van der Waals surface area contributed by atoms with Gasteiger partial charge in [-0.05, 0) is 63.9 Å². The predicted octanol–water partition coefficient (Wildman–Crippen LogP) is 5.71.